The molecule has 2 heterocycles. The molecule has 1 aliphatic rings. The first-order valence-corrected chi connectivity index (χ1v) is 10.5. The van der Waals surface area contributed by atoms with Crippen molar-refractivity contribution in [2.45, 2.75) is 33.4 Å². The number of nitrogens with one attached hydrogen (secondary N) is 2. The number of guanidine groups is 1. The molecule has 1 saturated heterocycles. The SMILES string of the molecule is CCNC(=NCc1cc(-c2ccccc2)on1)NCC(C(C)C)N1CCOCC1. The number of hydrogen-bond donors (Lipinski definition) is 2. The fourth-order valence-electron chi connectivity index (χ4n) is 3.52. The van der Waals surface area contributed by atoms with Gasteiger partial charge in [-0.15, -0.1) is 0 Å². The Morgan fingerprint density at radius 3 is 2.62 bits per heavy atom. The van der Waals surface area contributed by atoms with E-state index in [0.29, 0.717) is 18.5 Å². The van der Waals surface area contributed by atoms with E-state index in [1.165, 1.54) is 0 Å². The van der Waals surface area contributed by atoms with Crippen LogP contribution in [0.5, 0.6) is 0 Å². The van der Waals surface area contributed by atoms with Crippen molar-refractivity contribution < 1.29 is 9.26 Å². The van der Waals surface area contributed by atoms with Crippen LogP contribution >= 0.6 is 0 Å². The molecule has 0 radical (unpaired) electrons. The molecule has 1 aromatic heterocycles. The minimum atomic E-state index is 0.444. The summed E-state index contributed by atoms with van der Waals surface area (Å²) >= 11 is 0. The van der Waals surface area contributed by atoms with Gasteiger partial charge < -0.3 is 19.9 Å². The van der Waals surface area contributed by atoms with E-state index in [2.05, 4.69) is 41.5 Å². The number of rotatable bonds is 8. The van der Waals surface area contributed by atoms with Crippen molar-refractivity contribution in [2.75, 3.05) is 39.4 Å². The van der Waals surface area contributed by atoms with Gasteiger partial charge in [0, 0.05) is 43.9 Å². The maximum atomic E-state index is 5.50. The van der Waals surface area contributed by atoms with Crippen molar-refractivity contribution in [2.24, 2.45) is 10.9 Å². The van der Waals surface area contributed by atoms with Gasteiger partial charge in [-0.2, -0.15) is 0 Å². The molecular weight excluding hydrogens is 366 g/mol. The predicted molar refractivity (Wildman–Crippen MR) is 116 cm³/mol. The maximum absolute atomic E-state index is 5.50. The topological polar surface area (TPSA) is 74.9 Å². The Hall–Kier alpha value is -2.38. The summed E-state index contributed by atoms with van der Waals surface area (Å²) in [4.78, 5) is 7.20. The van der Waals surface area contributed by atoms with E-state index in [1.807, 2.05) is 36.4 Å². The van der Waals surface area contributed by atoms with Crippen molar-refractivity contribution in [3.8, 4) is 11.3 Å². The molecular formula is C22H33N5O2. The largest absolute Gasteiger partial charge is 0.379 e. The number of aromatic nitrogens is 1. The van der Waals surface area contributed by atoms with Gasteiger partial charge in [0.05, 0.1) is 19.8 Å². The van der Waals surface area contributed by atoms with Gasteiger partial charge in [-0.1, -0.05) is 49.3 Å². The van der Waals surface area contributed by atoms with Crippen LogP contribution in [0.15, 0.2) is 45.9 Å². The average Bonchev–Trinajstić information content (AvgIpc) is 3.22. The Balaban J connectivity index is 1.60. The predicted octanol–water partition coefficient (Wildman–Crippen LogP) is 2.75. The molecule has 0 bridgehead atoms. The minimum Gasteiger partial charge on any atom is -0.379 e. The van der Waals surface area contributed by atoms with E-state index in [9.17, 15) is 0 Å². The van der Waals surface area contributed by atoms with Crippen LogP contribution in [-0.4, -0.2) is 61.5 Å². The Bertz CT molecular complexity index is 754. The molecule has 1 aromatic carbocycles. The molecule has 1 unspecified atom stereocenters. The highest BCUT2D eigenvalue weighted by molar-refractivity contribution is 5.79. The van der Waals surface area contributed by atoms with E-state index < -0.39 is 0 Å². The first kappa shape index (κ1) is 21.3. The highest BCUT2D eigenvalue weighted by atomic mass is 16.5. The lowest BCUT2D eigenvalue weighted by Gasteiger charge is -2.37. The third-order valence-corrected chi connectivity index (χ3v) is 5.12. The molecule has 0 aliphatic carbocycles. The summed E-state index contributed by atoms with van der Waals surface area (Å²) in [6.07, 6.45) is 0. The van der Waals surface area contributed by atoms with E-state index >= 15 is 0 Å². The Labute approximate surface area is 173 Å². The molecule has 3 rings (SSSR count). The zero-order valence-electron chi connectivity index (χ0n) is 17.7. The third kappa shape index (κ3) is 6.30. The minimum absolute atomic E-state index is 0.444. The van der Waals surface area contributed by atoms with E-state index in [4.69, 9.17) is 14.3 Å². The lowest BCUT2D eigenvalue weighted by molar-refractivity contribution is 0.00752. The molecule has 0 spiro atoms. The van der Waals surface area contributed by atoms with Crippen LogP contribution in [0.25, 0.3) is 11.3 Å². The van der Waals surface area contributed by atoms with Crippen LogP contribution in [0.4, 0.5) is 0 Å². The van der Waals surface area contributed by atoms with Crippen molar-refractivity contribution >= 4 is 5.96 Å². The van der Waals surface area contributed by atoms with Crippen LogP contribution in [0.2, 0.25) is 0 Å². The van der Waals surface area contributed by atoms with Gasteiger partial charge in [0.15, 0.2) is 11.7 Å². The van der Waals surface area contributed by atoms with Gasteiger partial charge in [0.2, 0.25) is 0 Å². The third-order valence-electron chi connectivity index (χ3n) is 5.12. The fraction of sp³-hybridized carbons (Fsp3) is 0.545. The van der Waals surface area contributed by atoms with Gasteiger partial charge in [0.1, 0.15) is 5.69 Å². The normalized spacial score (nSPS) is 16.8. The molecule has 1 atom stereocenters. The quantitative estimate of drug-likeness (QED) is 0.525. The van der Waals surface area contributed by atoms with Gasteiger partial charge in [-0.05, 0) is 12.8 Å². The van der Waals surface area contributed by atoms with Crippen LogP contribution in [-0.2, 0) is 11.3 Å². The first-order chi connectivity index (χ1) is 14.2. The first-order valence-electron chi connectivity index (χ1n) is 10.5. The molecule has 2 N–H and O–H groups in total. The number of morpholine rings is 1. The lowest BCUT2D eigenvalue weighted by Crippen LogP contribution is -2.52. The zero-order chi connectivity index (χ0) is 20.5. The van der Waals surface area contributed by atoms with Crippen molar-refractivity contribution in [1.82, 2.24) is 20.7 Å². The highest BCUT2D eigenvalue weighted by Gasteiger charge is 2.23. The Morgan fingerprint density at radius 2 is 1.93 bits per heavy atom. The molecule has 29 heavy (non-hydrogen) atoms. The van der Waals surface area contributed by atoms with Gasteiger partial charge in [-0.3, -0.25) is 4.90 Å². The second kappa shape index (κ2) is 11.0. The standard InChI is InChI=1S/C22H33N5O2/c1-4-23-22(25-16-20(17(2)3)27-10-12-28-13-11-27)24-15-19-14-21(29-26-19)18-8-6-5-7-9-18/h5-9,14,17,20H,4,10-13,15-16H2,1-3H3,(H2,23,24,25). The summed E-state index contributed by atoms with van der Waals surface area (Å²) in [5.41, 5.74) is 1.83. The molecule has 1 aliphatic heterocycles. The second-order valence-electron chi connectivity index (χ2n) is 7.58. The Morgan fingerprint density at radius 1 is 1.17 bits per heavy atom. The zero-order valence-corrected chi connectivity index (χ0v) is 17.7. The molecule has 158 valence electrons. The summed E-state index contributed by atoms with van der Waals surface area (Å²) in [6.45, 7) is 12.3. The lowest BCUT2D eigenvalue weighted by atomic mass is 10.0. The molecule has 0 amide bonds. The van der Waals surface area contributed by atoms with Crippen LogP contribution in [0, 0.1) is 5.92 Å². The van der Waals surface area contributed by atoms with Gasteiger partial charge in [-0.25, -0.2) is 4.99 Å². The van der Waals surface area contributed by atoms with E-state index in [1.54, 1.807) is 0 Å². The second-order valence-corrected chi connectivity index (χ2v) is 7.58. The van der Waals surface area contributed by atoms with Gasteiger partial charge in [0.25, 0.3) is 0 Å². The van der Waals surface area contributed by atoms with Crippen LogP contribution < -0.4 is 10.6 Å². The number of aliphatic imine (C=N–C) groups is 1. The number of ether oxygens (including phenoxy) is 1. The molecule has 7 nitrogen and oxygen atoms in total. The summed E-state index contributed by atoms with van der Waals surface area (Å²) in [6, 6.07) is 12.4. The molecule has 0 saturated carbocycles. The van der Waals surface area contributed by atoms with Gasteiger partial charge >= 0.3 is 0 Å². The number of nitrogens with zero attached hydrogens (tertiary/aromatic N) is 3. The van der Waals surface area contributed by atoms with E-state index in [-0.39, 0.29) is 0 Å². The summed E-state index contributed by atoms with van der Waals surface area (Å²) in [5.74, 6) is 2.11. The van der Waals surface area contributed by atoms with Crippen molar-refractivity contribution in [3.63, 3.8) is 0 Å². The van der Waals surface area contributed by atoms with Crippen molar-refractivity contribution in [1.29, 1.82) is 0 Å². The maximum Gasteiger partial charge on any atom is 0.191 e. The molecule has 7 heteroatoms. The number of hydrogen-bond acceptors (Lipinski definition) is 5. The number of benzene rings is 1. The monoisotopic (exact) mass is 399 g/mol. The van der Waals surface area contributed by atoms with Crippen LogP contribution in [0.3, 0.4) is 0 Å². The smallest absolute Gasteiger partial charge is 0.191 e. The highest BCUT2D eigenvalue weighted by Crippen LogP contribution is 2.20. The average molecular weight is 400 g/mol. The van der Waals surface area contributed by atoms with E-state index in [0.717, 1.165) is 62.4 Å². The van der Waals surface area contributed by atoms with Crippen LogP contribution in [0.1, 0.15) is 26.5 Å². The fourth-order valence-corrected chi connectivity index (χ4v) is 3.52. The summed E-state index contributed by atoms with van der Waals surface area (Å²) in [7, 11) is 0. The molecule has 2 aromatic rings. The van der Waals surface area contributed by atoms with Crippen molar-refractivity contribution in [3.05, 3.63) is 42.1 Å². The summed E-state index contributed by atoms with van der Waals surface area (Å²) < 4.78 is 11.0. The summed E-state index contributed by atoms with van der Waals surface area (Å²) in [5, 5.41) is 11.0. The Kier molecular flexibility index (Phi) is 8.07. The molecule has 1 fully saturated rings.